The van der Waals surface area contributed by atoms with Crippen LogP contribution in [0.5, 0.6) is 0 Å². The molecule has 4 nitrogen and oxygen atoms in total. The van der Waals surface area contributed by atoms with Crippen LogP contribution in [0.15, 0.2) is 12.2 Å². The van der Waals surface area contributed by atoms with Crippen LogP contribution in [-0.2, 0) is 14.3 Å². The van der Waals surface area contributed by atoms with Crippen molar-refractivity contribution in [2.45, 2.75) is 25.9 Å². The number of hydrogen-bond acceptors (Lipinski definition) is 3. The van der Waals surface area contributed by atoms with Gasteiger partial charge in [-0.2, -0.15) is 0 Å². The van der Waals surface area contributed by atoms with E-state index >= 15 is 0 Å². The summed E-state index contributed by atoms with van der Waals surface area (Å²) in [4.78, 5) is 21.3. The van der Waals surface area contributed by atoms with E-state index in [0.29, 0.717) is 0 Å². The summed E-state index contributed by atoms with van der Waals surface area (Å²) in [6, 6.07) is 0. The van der Waals surface area contributed by atoms with Crippen molar-refractivity contribution in [3.8, 4) is 0 Å². The second kappa shape index (κ2) is 6.12. The van der Waals surface area contributed by atoms with Crippen LogP contribution < -0.4 is 0 Å². The molecule has 0 aliphatic rings. The van der Waals surface area contributed by atoms with Crippen molar-refractivity contribution in [2.24, 2.45) is 0 Å². The van der Waals surface area contributed by atoms with Crippen molar-refractivity contribution in [1.29, 1.82) is 0 Å². The molecule has 14 heavy (non-hydrogen) atoms. The highest BCUT2D eigenvalue weighted by molar-refractivity contribution is 5.87. The van der Waals surface area contributed by atoms with Crippen molar-refractivity contribution in [2.75, 3.05) is 6.67 Å². The molecule has 0 radical (unpaired) electrons. The second-order valence-corrected chi connectivity index (χ2v) is 2.88. The predicted molar refractivity (Wildman–Crippen MR) is 47.5 cm³/mol. The number of carboxylic acid groups (broad SMARTS) is 1. The van der Waals surface area contributed by atoms with Crippen LogP contribution in [0.1, 0.15) is 19.8 Å². The highest BCUT2D eigenvalue weighted by Crippen LogP contribution is 2.07. The molecule has 1 N–H and O–H groups in total. The Morgan fingerprint density at radius 1 is 1.57 bits per heavy atom. The Balaban J connectivity index is 4.14. The molecule has 0 spiro atoms. The molecule has 0 saturated heterocycles. The number of carbonyl (C=O) groups excluding carboxylic acids is 1. The Hall–Kier alpha value is -1.39. The Bertz CT molecular complexity index is 237. The van der Waals surface area contributed by atoms with Gasteiger partial charge in [-0.25, -0.2) is 4.79 Å². The molecule has 0 bridgehead atoms. The largest absolute Gasteiger partial charge is 0.481 e. The zero-order valence-electron chi connectivity index (χ0n) is 7.96. The maximum absolute atomic E-state index is 11.9. The van der Waals surface area contributed by atoms with Crippen LogP contribution in [0.4, 0.5) is 4.39 Å². The summed E-state index contributed by atoms with van der Waals surface area (Å²) in [5, 5.41) is 8.43. The maximum Gasteiger partial charge on any atom is 0.333 e. The van der Waals surface area contributed by atoms with E-state index in [-0.39, 0.29) is 18.4 Å². The first kappa shape index (κ1) is 12.6. The molecule has 80 valence electrons. The molecule has 0 rings (SSSR count). The van der Waals surface area contributed by atoms with Crippen LogP contribution in [-0.4, -0.2) is 29.8 Å². The van der Waals surface area contributed by atoms with Crippen molar-refractivity contribution in [3.05, 3.63) is 12.2 Å². The van der Waals surface area contributed by atoms with Gasteiger partial charge in [0.1, 0.15) is 6.10 Å². The highest BCUT2D eigenvalue weighted by Gasteiger charge is 2.17. The smallest absolute Gasteiger partial charge is 0.333 e. The maximum atomic E-state index is 11.9. The number of carbonyl (C=O) groups is 2. The van der Waals surface area contributed by atoms with Crippen molar-refractivity contribution in [3.63, 3.8) is 0 Å². The number of halogens is 1. The topological polar surface area (TPSA) is 63.6 Å². The Morgan fingerprint density at radius 2 is 2.14 bits per heavy atom. The third kappa shape index (κ3) is 5.29. The van der Waals surface area contributed by atoms with E-state index in [1.165, 1.54) is 6.92 Å². The minimum absolute atomic E-state index is 0.106. The third-order valence-electron chi connectivity index (χ3n) is 1.46. The van der Waals surface area contributed by atoms with Crippen molar-refractivity contribution < 1.29 is 23.8 Å². The molecule has 0 saturated carbocycles. The summed E-state index contributed by atoms with van der Waals surface area (Å²) in [5.74, 6) is -1.82. The lowest BCUT2D eigenvalue weighted by Gasteiger charge is -2.14. The lowest BCUT2D eigenvalue weighted by atomic mass is 10.2. The Morgan fingerprint density at radius 3 is 2.50 bits per heavy atom. The van der Waals surface area contributed by atoms with E-state index in [1.54, 1.807) is 0 Å². The number of hydrogen-bond donors (Lipinski definition) is 1. The number of rotatable bonds is 6. The normalized spacial score (nSPS) is 11.9. The highest BCUT2D eigenvalue weighted by atomic mass is 19.1. The molecule has 1 unspecified atom stereocenters. The van der Waals surface area contributed by atoms with Crippen LogP contribution in [0.3, 0.4) is 0 Å². The van der Waals surface area contributed by atoms with Crippen LogP contribution in [0.2, 0.25) is 0 Å². The summed E-state index contributed by atoms with van der Waals surface area (Å²) in [6.45, 7) is 4.05. The molecule has 0 fully saturated rings. The van der Waals surface area contributed by atoms with E-state index in [2.05, 4.69) is 6.58 Å². The number of ether oxygens (including phenoxy) is 1. The van der Waals surface area contributed by atoms with Crippen molar-refractivity contribution in [1.82, 2.24) is 0 Å². The molecule has 0 heterocycles. The van der Waals surface area contributed by atoms with Gasteiger partial charge in [0.15, 0.2) is 0 Å². The van der Waals surface area contributed by atoms with Gasteiger partial charge in [0.25, 0.3) is 0 Å². The summed E-state index contributed by atoms with van der Waals surface area (Å²) >= 11 is 0. The van der Waals surface area contributed by atoms with Gasteiger partial charge in [0, 0.05) is 12.0 Å². The van der Waals surface area contributed by atoms with Crippen molar-refractivity contribution >= 4 is 11.9 Å². The average molecular weight is 204 g/mol. The van der Waals surface area contributed by atoms with E-state index in [0.717, 1.165) is 0 Å². The monoisotopic (exact) mass is 204 g/mol. The molecule has 0 aromatic heterocycles. The minimum Gasteiger partial charge on any atom is -0.481 e. The third-order valence-corrected chi connectivity index (χ3v) is 1.46. The molecular weight excluding hydrogens is 191 g/mol. The molecular formula is C9H13FO4. The van der Waals surface area contributed by atoms with Crippen LogP contribution in [0, 0.1) is 0 Å². The summed E-state index contributed by atoms with van der Waals surface area (Å²) in [5.41, 5.74) is 0.166. The van der Waals surface area contributed by atoms with E-state index in [4.69, 9.17) is 9.84 Å². The van der Waals surface area contributed by atoms with E-state index in [1.807, 2.05) is 0 Å². The number of carboxylic acids is 1. The molecule has 0 aliphatic heterocycles. The molecule has 0 amide bonds. The molecule has 0 aromatic carbocycles. The molecule has 5 heteroatoms. The number of aliphatic carboxylic acids is 1. The van der Waals surface area contributed by atoms with Gasteiger partial charge in [-0.05, 0) is 6.92 Å². The summed E-state index contributed by atoms with van der Waals surface area (Å²) in [6.07, 6.45) is -1.41. The SMILES string of the molecule is C=C(C)C(=O)OC(CCF)CC(=O)O. The van der Waals surface area contributed by atoms with Gasteiger partial charge in [-0.15, -0.1) is 0 Å². The fourth-order valence-electron chi connectivity index (χ4n) is 0.771. The summed E-state index contributed by atoms with van der Waals surface area (Å²) < 4.78 is 16.6. The number of esters is 1. The second-order valence-electron chi connectivity index (χ2n) is 2.88. The lowest BCUT2D eigenvalue weighted by molar-refractivity contribution is -0.149. The van der Waals surface area contributed by atoms with E-state index < -0.39 is 24.7 Å². The fourth-order valence-corrected chi connectivity index (χ4v) is 0.771. The van der Waals surface area contributed by atoms with Gasteiger partial charge in [-0.1, -0.05) is 6.58 Å². The summed E-state index contributed by atoms with van der Waals surface area (Å²) in [7, 11) is 0. The first-order valence-corrected chi connectivity index (χ1v) is 4.11. The fraction of sp³-hybridized carbons (Fsp3) is 0.556. The Kier molecular flexibility index (Phi) is 5.52. The first-order valence-electron chi connectivity index (χ1n) is 4.11. The lowest BCUT2D eigenvalue weighted by Crippen LogP contribution is -2.22. The quantitative estimate of drug-likeness (QED) is 0.523. The predicted octanol–water partition coefficient (Wildman–Crippen LogP) is 1.31. The first-order chi connectivity index (χ1) is 6.47. The zero-order valence-corrected chi connectivity index (χ0v) is 7.96. The standard InChI is InChI=1S/C9H13FO4/c1-6(2)9(13)14-7(3-4-10)5-8(11)12/h7H,1,3-5H2,2H3,(H,11,12). The zero-order chi connectivity index (χ0) is 11.1. The van der Waals surface area contributed by atoms with Gasteiger partial charge >= 0.3 is 11.9 Å². The molecule has 1 atom stereocenters. The molecule has 0 aliphatic carbocycles. The van der Waals surface area contributed by atoms with E-state index in [9.17, 15) is 14.0 Å². The van der Waals surface area contributed by atoms with Crippen LogP contribution >= 0.6 is 0 Å². The van der Waals surface area contributed by atoms with Gasteiger partial charge in [-0.3, -0.25) is 9.18 Å². The van der Waals surface area contributed by atoms with Crippen LogP contribution in [0.25, 0.3) is 0 Å². The van der Waals surface area contributed by atoms with Gasteiger partial charge in [0.2, 0.25) is 0 Å². The Labute approximate surface area is 81.4 Å². The average Bonchev–Trinajstić information content (AvgIpc) is 2.02. The van der Waals surface area contributed by atoms with Gasteiger partial charge in [0.05, 0.1) is 13.1 Å². The number of alkyl halides is 1. The minimum atomic E-state index is -1.13. The molecule has 0 aromatic rings. The van der Waals surface area contributed by atoms with Gasteiger partial charge < -0.3 is 9.84 Å².